The molecule has 0 radical (unpaired) electrons. The van der Waals surface area contributed by atoms with E-state index in [1.165, 1.54) is 19.1 Å². The van der Waals surface area contributed by atoms with Crippen LogP contribution >= 0.6 is 0 Å². The average Bonchev–Trinajstić information content (AvgIpc) is 3.03. The number of rotatable bonds is 4. The molecule has 142 valence electrons. The molecule has 2 aromatic rings. The zero-order valence-electron chi connectivity index (χ0n) is 14.5. The van der Waals surface area contributed by atoms with E-state index in [-0.39, 0.29) is 18.3 Å². The van der Waals surface area contributed by atoms with Gasteiger partial charge in [-0.05, 0) is 54.4 Å². The van der Waals surface area contributed by atoms with Crippen LogP contribution in [0.4, 0.5) is 24.5 Å². The zero-order valence-corrected chi connectivity index (χ0v) is 14.5. The molecule has 0 aliphatic carbocycles. The van der Waals surface area contributed by atoms with Gasteiger partial charge in [0.15, 0.2) is 6.61 Å². The highest BCUT2D eigenvalue weighted by atomic mass is 19.4. The van der Waals surface area contributed by atoms with Gasteiger partial charge in [0.2, 0.25) is 5.91 Å². The van der Waals surface area contributed by atoms with E-state index in [1.54, 1.807) is 23.1 Å². The Morgan fingerprint density at radius 3 is 2.48 bits per heavy atom. The molecule has 0 spiro atoms. The van der Waals surface area contributed by atoms with Gasteiger partial charge < -0.3 is 15.0 Å². The predicted molar refractivity (Wildman–Crippen MR) is 93.7 cm³/mol. The van der Waals surface area contributed by atoms with Crippen LogP contribution in [0.15, 0.2) is 42.5 Å². The zero-order chi connectivity index (χ0) is 19.6. The molecule has 1 aliphatic rings. The molecule has 0 aromatic heterocycles. The minimum atomic E-state index is -4.42. The minimum absolute atomic E-state index is 0.0320. The van der Waals surface area contributed by atoms with Crippen LogP contribution < -0.4 is 15.0 Å². The van der Waals surface area contributed by atoms with E-state index in [9.17, 15) is 22.8 Å². The van der Waals surface area contributed by atoms with Gasteiger partial charge in [-0.15, -0.1) is 0 Å². The molecule has 0 unspecified atom stereocenters. The summed E-state index contributed by atoms with van der Waals surface area (Å²) in [6.45, 7) is 1.78. The summed E-state index contributed by atoms with van der Waals surface area (Å²) in [5, 5.41) is 2.67. The molecule has 8 heteroatoms. The lowest BCUT2D eigenvalue weighted by Gasteiger charge is -2.15. The van der Waals surface area contributed by atoms with Crippen molar-refractivity contribution in [2.24, 2.45) is 0 Å². The summed E-state index contributed by atoms with van der Waals surface area (Å²) in [4.78, 5) is 25.2. The largest absolute Gasteiger partial charge is 0.484 e. The third kappa shape index (κ3) is 4.39. The fraction of sp³-hybridized carbons (Fsp3) is 0.263. The molecule has 0 saturated heterocycles. The van der Waals surface area contributed by atoms with Crippen LogP contribution in [-0.2, 0) is 22.2 Å². The normalized spacial score (nSPS) is 13.3. The Labute approximate surface area is 153 Å². The number of hydrogen-bond acceptors (Lipinski definition) is 3. The van der Waals surface area contributed by atoms with E-state index in [2.05, 4.69) is 5.32 Å². The van der Waals surface area contributed by atoms with Crippen LogP contribution in [0.1, 0.15) is 18.1 Å². The van der Waals surface area contributed by atoms with Crippen LogP contribution in [0, 0.1) is 0 Å². The van der Waals surface area contributed by atoms with Crippen molar-refractivity contribution in [1.29, 1.82) is 0 Å². The van der Waals surface area contributed by atoms with Crippen LogP contribution in [0.5, 0.6) is 5.75 Å². The van der Waals surface area contributed by atoms with Crippen molar-refractivity contribution in [3.8, 4) is 5.75 Å². The maximum atomic E-state index is 12.5. The van der Waals surface area contributed by atoms with E-state index < -0.39 is 17.6 Å². The predicted octanol–water partition coefficient (Wildman–Crippen LogP) is 3.63. The van der Waals surface area contributed by atoms with E-state index in [1.807, 2.05) is 0 Å². The molecule has 1 N–H and O–H groups in total. The summed E-state index contributed by atoms with van der Waals surface area (Å²) >= 11 is 0. The summed E-state index contributed by atoms with van der Waals surface area (Å²) in [6.07, 6.45) is -3.71. The third-order valence-corrected chi connectivity index (χ3v) is 4.19. The van der Waals surface area contributed by atoms with Gasteiger partial charge >= 0.3 is 6.18 Å². The van der Waals surface area contributed by atoms with Gasteiger partial charge in [-0.2, -0.15) is 13.2 Å². The van der Waals surface area contributed by atoms with E-state index >= 15 is 0 Å². The number of alkyl halides is 3. The number of hydrogen-bond donors (Lipinski definition) is 1. The lowest BCUT2D eigenvalue weighted by molar-refractivity contribution is -0.137. The maximum absolute atomic E-state index is 12.5. The Morgan fingerprint density at radius 2 is 1.85 bits per heavy atom. The third-order valence-electron chi connectivity index (χ3n) is 4.19. The monoisotopic (exact) mass is 378 g/mol. The number of nitrogens with one attached hydrogen (secondary N) is 1. The maximum Gasteiger partial charge on any atom is 0.416 e. The molecule has 0 fully saturated rings. The van der Waals surface area contributed by atoms with Crippen molar-refractivity contribution in [3.05, 3.63) is 53.6 Å². The first-order valence-corrected chi connectivity index (χ1v) is 8.25. The highest BCUT2D eigenvalue weighted by Gasteiger charge is 2.30. The van der Waals surface area contributed by atoms with Crippen LogP contribution in [0.2, 0.25) is 0 Å². The second-order valence-electron chi connectivity index (χ2n) is 6.12. The molecule has 0 saturated carbocycles. The van der Waals surface area contributed by atoms with Crippen molar-refractivity contribution >= 4 is 23.2 Å². The number of anilines is 2. The Bertz CT molecular complexity index is 863. The van der Waals surface area contributed by atoms with Gasteiger partial charge in [0.05, 0.1) is 5.56 Å². The summed E-state index contributed by atoms with van der Waals surface area (Å²) in [6, 6.07) is 9.40. The standard InChI is InChI=1S/C19H17F3N2O3/c1-12(25)24-9-8-13-10-15(4-7-17(13)24)23-18(26)11-27-16-5-2-14(3-6-16)19(20,21)22/h2-7,10H,8-9,11H2,1H3,(H,23,26). The molecular formula is C19H17F3N2O3. The van der Waals surface area contributed by atoms with Crippen LogP contribution in [0.25, 0.3) is 0 Å². The molecule has 5 nitrogen and oxygen atoms in total. The number of nitrogens with zero attached hydrogens (tertiary/aromatic N) is 1. The van der Waals surface area contributed by atoms with E-state index in [0.29, 0.717) is 18.7 Å². The van der Waals surface area contributed by atoms with Gasteiger partial charge in [0, 0.05) is 24.8 Å². The van der Waals surface area contributed by atoms with Crippen LogP contribution in [0.3, 0.4) is 0 Å². The molecular weight excluding hydrogens is 361 g/mol. The lowest BCUT2D eigenvalue weighted by Crippen LogP contribution is -2.25. The Hall–Kier alpha value is -3.03. The van der Waals surface area contributed by atoms with Crippen molar-refractivity contribution in [2.75, 3.05) is 23.4 Å². The molecule has 27 heavy (non-hydrogen) atoms. The van der Waals surface area contributed by atoms with E-state index in [0.717, 1.165) is 23.4 Å². The van der Waals surface area contributed by atoms with Gasteiger partial charge in [-0.25, -0.2) is 0 Å². The fourth-order valence-electron chi connectivity index (χ4n) is 2.89. The summed E-state index contributed by atoms with van der Waals surface area (Å²) in [7, 11) is 0. The quantitative estimate of drug-likeness (QED) is 0.884. The Balaban J connectivity index is 1.56. The summed E-state index contributed by atoms with van der Waals surface area (Å²) in [5.74, 6) is -0.295. The van der Waals surface area contributed by atoms with Crippen LogP contribution in [-0.4, -0.2) is 25.0 Å². The molecule has 3 rings (SSSR count). The lowest BCUT2D eigenvalue weighted by atomic mass is 10.1. The highest BCUT2D eigenvalue weighted by molar-refractivity contribution is 5.95. The first kappa shape index (κ1) is 18.8. The molecule has 0 bridgehead atoms. The van der Waals surface area contributed by atoms with Crippen molar-refractivity contribution in [1.82, 2.24) is 0 Å². The molecule has 1 aliphatic heterocycles. The topological polar surface area (TPSA) is 58.6 Å². The number of carbonyl (C=O) groups excluding carboxylic acids is 2. The van der Waals surface area contributed by atoms with Gasteiger partial charge in [0.1, 0.15) is 5.75 Å². The van der Waals surface area contributed by atoms with Crippen molar-refractivity contribution in [3.63, 3.8) is 0 Å². The summed E-state index contributed by atoms with van der Waals surface area (Å²) < 4.78 is 42.8. The molecule has 2 amide bonds. The molecule has 1 heterocycles. The molecule has 0 atom stereocenters. The average molecular weight is 378 g/mol. The number of ether oxygens (including phenoxy) is 1. The van der Waals surface area contributed by atoms with Gasteiger partial charge in [-0.3, -0.25) is 9.59 Å². The first-order valence-electron chi connectivity index (χ1n) is 8.25. The number of amides is 2. The smallest absolute Gasteiger partial charge is 0.416 e. The summed E-state index contributed by atoms with van der Waals surface area (Å²) in [5.41, 5.74) is 1.59. The first-order chi connectivity index (χ1) is 12.7. The van der Waals surface area contributed by atoms with E-state index in [4.69, 9.17) is 4.74 Å². The van der Waals surface area contributed by atoms with Gasteiger partial charge in [0.25, 0.3) is 5.91 Å². The minimum Gasteiger partial charge on any atom is -0.484 e. The number of fused-ring (bicyclic) bond motifs is 1. The van der Waals surface area contributed by atoms with Crippen molar-refractivity contribution < 1.29 is 27.5 Å². The Morgan fingerprint density at radius 1 is 1.15 bits per heavy atom. The number of benzene rings is 2. The number of carbonyl (C=O) groups is 2. The SMILES string of the molecule is CC(=O)N1CCc2cc(NC(=O)COc3ccc(C(F)(F)F)cc3)ccc21. The highest BCUT2D eigenvalue weighted by Crippen LogP contribution is 2.31. The second-order valence-corrected chi connectivity index (χ2v) is 6.12. The fourth-order valence-corrected chi connectivity index (χ4v) is 2.89. The second kappa shape index (κ2) is 7.30. The van der Waals surface area contributed by atoms with Gasteiger partial charge in [-0.1, -0.05) is 0 Å². The van der Waals surface area contributed by atoms with Crippen molar-refractivity contribution in [2.45, 2.75) is 19.5 Å². The molecule has 2 aromatic carbocycles. The number of halogens is 3. The Kier molecular flexibility index (Phi) is 5.07.